The first kappa shape index (κ1) is 16.8. The van der Waals surface area contributed by atoms with Gasteiger partial charge in [-0.05, 0) is 24.5 Å². The SMILES string of the molecule is C=CN=C1SCC(=O)N1c1cc(C)ccc1COCC(C)C. The predicted molar refractivity (Wildman–Crippen MR) is 93.2 cm³/mol. The maximum Gasteiger partial charge on any atom is 0.243 e. The Bertz CT molecular complexity index is 596. The number of anilines is 1. The van der Waals surface area contributed by atoms with E-state index < -0.39 is 0 Å². The third kappa shape index (κ3) is 3.99. The van der Waals surface area contributed by atoms with Crippen molar-refractivity contribution in [1.82, 2.24) is 0 Å². The van der Waals surface area contributed by atoms with Crippen LogP contribution >= 0.6 is 11.8 Å². The molecular formula is C17H22N2O2S. The summed E-state index contributed by atoms with van der Waals surface area (Å²) in [6.07, 6.45) is 1.47. The molecular weight excluding hydrogens is 296 g/mol. The van der Waals surface area contributed by atoms with Crippen molar-refractivity contribution < 1.29 is 9.53 Å². The van der Waals surface area contributed by atoms with Crippen molar-refractivity contribution >= 4 is 28.5 Å². The van der Waals surface area contributed by atoms with Gasteiger partial charge in [-0.15, -0.1) is 0 Å². The second-order valence-electron chi connectivity index (χ2n) is 5.65. The Morgan fingerprint density at radius 3 is 2.95 bits per heavy atom. The molecule has 1 aliphatic heterocycles. The van der Waals surface area contributed by atoms with E-state index in [4.69, 9.17) is 4.74 Å². The summed E-state index contributed by atoms with van der Waals surface area (Å²) in [6, 6.07) is 6.07. The number of aryl methyl sites for hydroxylation is 1. The normalized spacial score (nSPS) is 16.8. The van der Waals surface area contributed by atoms with Gasteiger partial charge in [0.1, 0.15) is 0 Å². The highest BCUT2D eigenvalue weighted by Crippen LogP contribution is 2.31. The number of hydrogen-bond acceptors (Lipinski definition) is 4. The van der Waals surface area contributed by atoms with E-state index in [0.29, 0.717) is 30.1 Å². The van der Waals surface area contributed by atoms with Gasteiger partial charge in [-0.2, -0.15) is 0 Å². The number of carbonyl (C=O) groups excluding carboxylic acids is 1. The van der Waals surface area contributed by atoms with Gasteiger partial charge in [0, 0.05) is 18.4 Å². The summed E-state index contributed by atoms with van der Waals surface area (Å²) < 4.78 is 5.75. The van der Waals surface area contributed by atoms with Crippen LogP contribution in [0.2, 0.25) is 0 Å². The molecule has 1 heterocycles. The van der Waals surface area contributed by atoms with E-state index in [-0.39, 0.29) is 5.91 Å². The quantitative estimate of drug-likeness (QED) is 0.802. The molecule has 1 amide bonds. The molecule has 0 N–H and O–H groups in total. The van der Waals surface area contributed by atoms with E-state index in [9.17, 15) is 4.79 Å². The Morgan fingerprint density at radius 2 is 2.27 bits per heavy atom. The highest BCUT2D eigenvalue weighted by atomic mass is 32.2. The number of rotatable bonds is 6. The molecule has 4 nitrogen and oxygen atoms in total. The van der Waals surface area contributed by atoms with Crippen LogP contribution in [0.25, 0.3) is 0 Å². The Kier molecular flexibility index (Phi) is 5.80. The molecule has 0 spiro atoms. The van der Waals surface area contributed by atoms with Crippen molar-refractivity contribution in [2.24, 2.45) is 10.9 Å². The summed E-state index contributed by atoms with van der Waals surface area (Å²) in [5.41, 5.74) is 2.96. The smallest absolute Gasteiger partial charge is 0.243 e. The van der Waals surface area contributed by atoms with Crippen LogP contribution in [0.15, 0.2) is 36.0 Å². The van der Waals surface area contributed by atoms with Crippen molar-refractivity contribution in [2.75, 3.05) is 17.3 Å². The second kappa shape index (κ2) is 7.61. The van der Waals surface area contributed by atoms with Crippen LogP contribution in [-0.2, 0) is 16.1 Å². The summed E-state index contributed by atoms with van der Waals surface area (Å²) in [7, 11) is 0. The minimum Gasteiger partial charge on any atom is -0.376 e. The van der Waals surface area contributed by atoms with E-state index in [1.54, 1.807) is 4.90 Å². The highest BCUT2D eigenvalue weighted by molar-refractivity contribution is 8.15. The van der Waals surface area contributed by atoms with Gasteiger partial charge < -0.3 is 4.74 Å². The minimum absolute atomic E-state index is 0.0429. The van der Waals surface area contributed by atoms with Gasteiger partial charge in [0.15, 0.2) is 5.17 Å². The van der Waals surface area contributed by atoms with Crippen LogP contribution in [-0.4, -0.2) is 23.4 Å². The number of hydrogen-bond donors (Lipinski definition) is 0. The minimum atomic E-state index is 0.0429. The van der Waals surface area contributed by atoms with Gasteiger partial charge in [-0.3, -0.25) is 9.69 Å². The molecule has 5 heteroatoms. The molecule has 1 aromatic carbocycles. The molecule has 0 saturated carbocycles. The van der Waals surface area contributed by atoms with E-state index in [0.717, 1.165) is 16.8 Å². The molecule has 0 aliphatic carbocycles. The Morgan fingerprint density at radius 1 is 1.50 bits per heavy atom. The van der Waals surface area contributed by atoms with Crippen LogP contribution in [0, 0.1) is 12.8 Å². The average molecular weight is 318 g/mol. The molecule has 22 heavy (non-hydrogen) atoms. The van der Waals surface area contributed by atoms with Crippen LogP contribution in [0.3, 0.4) is 0 Å². The average Bonchev–Trinajstić information content (AvgIpc) is 2.81. The van der Waals surface area contributed by atoms with Crippen LogP contribution in [0.1, 0.15) is 25.0 Å². The lowest BCUT2D eigenvalue weighted by atomic mass is 10.1. The molecule has 1 aromatic rings. The Balaban J connectivity index is 2.31. The van der Waals surface area contributed by atoms with Crippen molar-refractivity contribution in [3.05, 3.63) is 42.1 Å². The number of amides is 1. The Labute approximate surface area is 136 Å². The molecule has 2 rings (SSSR count). The van der Waals surface area contributed by atoms with Crippen molar-refractivity contribution in [2.45, 2.75) is 27.4 Å². The fourth-order valence-electron chi connectivity index (χ4n) is 2.18. The highest BCUT2D eigenvalue weighted by Gasteiger charge is 2.30. The lowest BCUT2D eigenvalue weighted by Gasteiger charge is -2.20. The zero-order valence-electron chi connectivity index (χ0n) is 13.3. The number of aliphatic imine (C=N–C) groups is 1. The molecule has 1 saturated heterocycles. The summed E-state index contributed by atoms with van der Waals surface area (Å²) in [5.74, 6) is 0.935. The van der Waals surface area contributed by atoms with E-state index in [1.165, 1.54) is 18.0 Å². The number of carbonyl (C=O) groups is 1. The standard InChI is InChI=1S/C17H22N2O2S/c1-5-18-17-19(16(20)11-22-17)15-8-13(4)6-7-14(15)10-21-9-12(2)3/h5-8,12H,1,9-11H2,2-4H3. The van der Waals surface area contributed by atoms with Gasteiger partial charge in [0.25, 0.3) is 0 Å². The van der Waals surface area contributed by atoms with Crippen molar-refractivity contribution in [3.8, 4) is 0 Å². The molecule has 118 valence electrons. The molecule has 1 aliphatic rings. The van der Waals surface area contributed by atoms with Crippen LogP contribution < -0.4 is 4.90 Å². The van der Waals surface area contributed by atoms with Crippen LogP contribution in [0.5, 0.6) is 0 Å². The number of thioether (sulfide) groups is 1. The van der Waals surface area contributed by atoms with E-state index >= 15 is 0 Å². The van der Waals surface area contributed by atoms with E-state index in [2.05, 4.69) is 25.4 Å². The summed E-state index contributed by atoms with van der Waals surface area (Å²) in [5, 5.41) is 0.677. The van der Waals surface area contributed by atoms with Crippen molar-refractivity contribution in [1.29, 1.82) is 0 Å². The lowest BCUT2D eigenvalue weighted by Crippen LogP contribution is -2.30. The third-order valence-corrected chi connectivity index (χ3v) is 4.10. The van der Waals surface area contributed by atoms with Gasteiger partial charge in [-0.25, -0.2) is 4.99 Å². The number of ether oxygens (including phenoxy) is 1. The molecule has 0 bridgehead atoms. The predicted octanol–water partition coefficient (Wildman–Crippen LogP) is 3.75. The largest absolute Gasteiger partial charge is 0.376 e. The van der Waals surface area contributed by atoms with Gasteiger partial charge >= 0.3 is 0 Å². The monoisotopic (exact) mass is 318 g/mol. The van der Waals surface area contributed by atoms with Crippen LogP contribution in [0.4, 0.5) is 5.69 Å². The first-order chi connectivity index (χ1) is 10.5. The first-order valence-electron chi connectivity index (χ1n) is 7.34. The van der Waals surface area contributed by atoms with Gasteiger partial charge in [0.2, 0.25) is 5.91 Å². The fourth-order valence-corrected chi connectivity index (χ4v) is 3.04. The molecule has 0 radical (unpaired) electrons. The zero-order valence-corrected chi connectivity index (χ0v) is 14.2. The first-order valence-corrected chi connectivity index (χ1v) is 8.33. The molecule has 1 fully saturated rings. The Hall–Kier alpha value is -1.59. The van der Waals surface area contributed by atoms with Gasteiger partial charge in [-0.1, -0.05) is 44.3 Å². The molecule has 0 aromatic heterocycles. The summed E-state index contributed by atoms with van der Waals surface area (Å²) in [4.78, 5) is 18.1. The van der Waals surface area contributed by atoms with Crippen molar-refractivity contribution in [3.63, 3.8) is 0 Å². The second-order valence-corrected chi connectivity index (χ2v) is 6.60. The third-order valence-electron chi connectivity index (χ3n) is 3.16. The van der Waals surface area contributed by atoms with Gasteiger partial charge in [0.05, 0.1) is 18.0 Å². The number of benzene rings is 1. The zero-order chi connectivity index (χ0) is 16.1. The molecule has 0 atom stereocenters. The maximum absolute atomic E-state index is 12.3. The maximum atomic E-state index is 12.3. The summed E-state index contributed by atoms with van der Waals surface area (Å²) >= 11 is 1.44. The fraction of sp³-hybridized carbons (Fsp3) is 0.412. The number of amidine groups is 1. The topological polar surface area (TPSA) is 41.9 Å². The lowest BCUT2D eigenvalue weighted by molar-refractivity contribution is -0.115. The number of nitrogens with zero attached hydrogens (tertiary/aromatic N) is 2. The van der Waals surface area contributed by atoms with E-state index in [1.807, 2.05) is 25.1 Å². The molecule has 0 unspecified atom stereocenters. The summed E-state index contributed by atoms with van der Waals surface area (Å²) in [6.45, 7) is 11.1.